The highest BCUT2D eigenvalue weighted by Crippen LogP contribution is 1.53. The van der Waals surface area contributed by atoms with Crippen LogP contribution in [-0.4, -0.2) is 20.3 Å². The molecule has 6 heavy (non-hydrogen) atoms. The highest BCUT2D eigenvalue weighted by Gasteiger charge is 1.65. The second-order valence-electron chi connectivity index (χ2n) is 0.781. The van der Waals surface area contributed by atoms with Gasteiger partial charge in [0.1, 0.15) is 0 Å². The number of hydrogen-bond donors (Lipinski definition) is 1. The Morgan fingerprint density at radius 1 is 1.67 bits per heavy atom. The van der Waals surface area contributed by atoms with Crippen molar-refractivity contribution in [2.75, 3.05) is 20.3 Å². The van der Waals surface area contributed by atoms with Crippen LogP contribution in [0.4, 0.5) is 0 Å². The average Bonchev–Trinajstić information content (AvgIpc) is 1.41. The molecule has 0 atom stereocenters. The van der Waals surface area contributed by atoms with E-state index in [1.165, 1.54) is 0 Å². The van der Waals surface area contributed by atoms with E-state index in [9.17, 15) is 0 Å². The summed E-state index contributed by atoms with van der Waals surface area (Å²) in [6, 6.07) is 0. The van der Waals surface area contributed by atoms with Crippen molar-refractivity contribution in [3.63, 3.8) is 0 Å². The van der Waals surface area contributed by atoms with Crippen LogP contribution in [0.3, 0.4) is 0 Å². The molecule has 0 aliphatic carbocycles. The SMILES string of the molecule is Br.COCCN. The van der Waals surface area contributed by atoms with E-state index < -0.39 is 0 Å². The number of rotatable bonds is 2. The third kappa shape index (κ3) is 8.83. The first-order valence-electron chi connectivity index (χ1n) is 1.61. The van der Waals surface area contributed by atoms with Crippen molar-refractivity contribution in [1.29, 1.82) is 0 Å². The van der Waals surface area contributed by atoms with Gasteiger partial charge in [-0.05, 0) is 0 Å². The van der Waals surface area contributed by atoms with Gasteiger partial charge >= 0.3 is 0 Å². The van der Waals surface area contributed by atoms with Crippen molar-refractivity contribution in [2.45, 2.75) is 0 Å². The lowest BCUT2D eigenvalue weighted by atomic mass is 10.7. The molecule has 0 aromatic carbocycles. The van der Waals surface area contributed by atoms with Gasteiger partial charge in [0, 0.05) is 13.7 Å². The summed E-state index contributed by atoms with van der Waals surface area (Å²) in [7, 11) is 1.63. The van der Waals surface area contributed by atoms with Gasteiger partial charge in [0.25, 0.3) is 0 Å². The van der Waals surface area contributed by atoms with Crippen molar-refractivity contribution in [3.8, 4) is 0 Å². The summed E-state index contributed by atoms with van der Waals surface area (Å²) in [5.74, 6) is 0. The number of nitrogens with two attached hydrogens (primary N) is 1. The molecule has 40 valence electrons. The molecule has 0 aliphatic rings. The van der Waals surface area contributed by atoms with Crippen LogP contribution >= 0.6 is 17.0 Å². The third-order valence-corrected chi connectivity index (χ3v) is 0.322. The Bertz CT molecular complexity index is 18.3. The fraction of sp³-hybridized carbons (Fsp3) is 1.00. The summed E-state index contributed by atoms with van der Waals surface area (Å²) in [6.45, 7) is 1.29. The summed E-state index contributed by atoms with van der Waals surface area (Å²) in [6.07, 6.45) is 0. The monoisotopic (exact) mass is 155 g/mol. The summed E-state index contributed by atoms with van der Waals surface area (Å²) in [5.41, 5.74) is 5.01. The maximum atomic E-state index is 5.01. The Balaban J connectivity index is 0. The zero-order chi connectivity index (χ0) is 4.12. The summed E-state index contributed by atoms with van der Waals surface area (Å²) >= 11 is 0. The van der Waals surface area contributed by atoms with Gasteiger partial charge < -0.3 is 10.5 Å². The van der Waals surface area contributed by atoms with Gasteiger partial charge in [-0.3, -0.25) is 0 Å². The molecule has 0 aliphatic heterocycles. The Hall–Kier alpha value is 0.400. The largest absolute Gasteiger partial charge is 0.383 e. The molecule has 0 unspecified atom stereocenters. The van der Waals surface area contributed by atoms with E-state index in [4.69, 9.17) is 5.73 Å². The topological polar surface area (TPSA) is 35.2 Å². The van der Waals surface area contributed by atoms with Crippen molar-refractivity contribution < 1.29 is 4.74 Å². The van der Waals surface area contributed by atoms with Crippen LogP contribution in [0.2, 0.25) is 0 Å². The van der Waals surface area contributed by atoms with Gasteiger partial charge in [0.15, 0.2) is 0 Å². The van der Waals surface area contributed by atoms with Crippen LogP contribution in [0.5, 0.6) is 0 Å². The van der Waals surface area contributed by atoms with Crippen LogP contribution < -0.4 is 5.73 Å². The maximum absolute atomic E-state index is 5.01. The summed E-state index contributed by atoms with van der Waals surface area (Å²) in [4.78, 5) is 0. The number of hydrogen-bond acceptors (Lipinski definition) is 2. The lowest BCUT2D eigenvalue weighted by Crippen LogP contribution is -2.05. The summed E-state index contributed by atoms with van der Waals surface area (Å²) < 4.78 is 4.57. The van der Waals surface area contributed by atoms with Crippen molar-refractivity contribution >= 4 is 17.0 Å². The quantitative estimate of drug-likeness (QED) is 0.618. The minimum Gasteiger partial charge on any atom is -0.383 e. The van der Waals surface area contributed by atoms with E-state index in [2.05, 4.69) is 4.74 Å². The first-order valence-corrected chi connectivity index (χ1v) is 1.61. The molecule has 0 saturated carbocycles. The molecule has 0 bridgehead atoms. The van der Waals surface area contributed by atoms with Crippen molar-refractivity contribution in [3.05, 3.63) is 0 Å². The molecule has 0 heterocycles. The maximum Gasteiger partial charge on any atom is 0.0584 e. The van der Waals surface area contributed by atoms with Gasteiger partial charge in [0.2, 0.25) is 0 Å². The normalized spacial score (nSPS) is 7.00. The molecule has 0 aromatic rings. The van der Waals surface area contributed by atoms with Crippen molar-refractivity contribution in [1.82, 2.24) is 0 Å². The molecular weight excluding hydrogens is 146 g/mol. The molecule has 2 N–H and O–H groups in total. The van der Waals surface area contributed by atoms with Crippen LogP contribution in [0.15, 0.2) is 0 Å². The zero-order valence-electron chi connectivity index (χ0n) is 3.81. The Morgan fingerprint density at radius 2 is 2.17 bits per heavy atom. The first kappa shape index (κ1) is 9.64. The predicted molar refractivity (Wildman–Crippen MR) is 31.3 cm³/mol. The predicted octanol–water partition coefficient (Wildman–Crippen LogP) is 0.169. The molecule has 0 spiro atoms. The average molecular weight is 156 g/mol. The fourth-order valence-corrected chi connectivity index (χ4v) is 0.118. The lowest BCUT2D eigenvalue weighted by molar-refractivity contribution is 0.207. The van der Waals surface area contributed by atoms with Gasteiger partial charge in [-0.25, -0.2) is 0 Å². The number of methoxy groups -OCH3 is 1. The van der Waals surface area contributed by atoms with Gasteiger partial charge in [-0.1, -0.05) is 0 Å². The fourth-order valence-electron chi connectivity index (χ4n) is 0.118. The molecule has 0 radical (unpaired) electrons. The molecule has 0 aromatic heterocycles. The Morgan fingerprint density at radius 3 is 2.17 bits per heavy atom. The smallest absolute Gasteiger partial charge is 0.0584 e. The van der Waals surface area contributed by atoms with Crippen LogP contribution in [-0.2, 0) is 4.74 Å². The molecule has 3 heteroatoms. The van der Waals surface area contributed by atoms with Gasteiger partial charge in [-0.2, -0.15) is 0 Å². The first-order chi connectivity index (χ1) is 2.41. The molecule has 2 nitrogen and oxygen atoms in total. The molecule has 0 amide bonds. The zero-order valence-corrected chi connectivity index (χ0v) is 5.52. The second kappa shape index (κ2) is 9.04. The van der Waals surface area contributed by atoms with Crippen LogP contribution in [0.1, 0.15) is 0 Å². The number of halogens is 1. The number of ether oxygens (including phenoxy) is 1. The van der Waals surface area contributed by atoms with E-state index in [1.807, 2.05) is 0 Å². The Kier molecular flexibility index (Phi) is 14.5. The lowest BCUT2D eigenvalue weighted by Gasteiger charge is -1.85. The van der Waals surface area contributed by atoms with Gasteiger partial charge in [-0.15, -0.1) is 17.0 Å². The van der Waals surface area contributed by atoms with Crippen LogP contribution in [0, 0.1) is 0 Å². The minimum absolute atomic E-state index is 0. The minimum atomic E-state index is 0. The van der Waals surface area contributed by atoms with Crippen LogP contribution in [0.25, 0.3) is 0 Å². The second-order valence-corrected chi connectivity index (χ2v) is 0.781. The standard InChI is InChI=1S/C3H9NO.BrH/c1-5-3-2-4;/h2-4H2,1H3;1H. The van der Waals surface area contributed by atoms with E-state index >= 15 is 0 Å². The highest BCUT2D eigenvalue weighted by atomic mass is 79.9. The molecular formula is C3H10BrNO. The Labute approximate surface area is 48.4 Å². The van der Waals surface area contributed by atoms with E-state index in [0.717, 1.165) is 0 Å². The molecule has 0 rings (SSSR count). The summed E-state index contributed by atoms with van der Waals surface area (Å²) in [5, 5.41) is 0. The van der Waals surface area contributed by atoms with E-state index in [1.54, 1.807) is 7.11 Å². The van der Waals surface area contributed by atoms with E-state index in [-0.39, 0.29) is 17.0 Å². The highest BCUT2D eigenvalue weighted by molar-refractivity contribution is 8.93. The molecule has 0 saturated heterocycles. The van der Waals surface area contributed by atoms with Crippen molar-refractivity contribution in [2.24, 2.45) is 5.73 Å². The van der Waals surface area contributed by atoms with Gasteiger partial charge in [0.05, 0.1) is 6.61 Å². The molecule has 0 fully saturated rings. The van der Waals surface area contributed by atoms with E-state index in [0.29, 0.717) is 13.2 Å². The third-order valence-electron chi connectivity index (χ3n) is 0.322.